The van der Waals surface area contributed by atoms with Gasteiger partial charge in [-0.15, -0.1) is 0 Å². The Morgan fingerprint density at radius 3 is 2.69 bits per heavy atom. The lowest BCUT2D eigenvalue weighted by atomic mass is 10.1. The molecule has 0 unspecified atom stereocenters. The maximum atomic E-state index is 12.4. The molecule has 0 atom stereocenters. The van der Waals surface area contributed by atoms with Crippen LogP contribution < -0.4 is 10.6 Å². The molecule has 0 aliphatic rings. The number of aromatic amines is 1. The second kappa shape index (κ2) is 6.68. The zero-order chi connectivity index (χ0) is 17.9. The minimum Gasteiger partial charge on any atom is -0.345 e. The first kappa shape index (κ1) is 15.8. The third-order valence-electron chi connectivity index (χ3n) is 4.17. The van der Waals surface area contributed by atoms with E-state index in [0.29, 0.717) is 11.2 Å². The molecule has 0 aliphatic heterocycles. The first-order chi connectivity index (χ1) is 12.7. The summed E-state index contributed by atoms with van der Waals surface area (Å²) in [5, 5.41) is 8.22. The topological polar surface area (TPSA) is 86.9 Å². The zero-order valence-electron chi connectivity index (χ0n) is 13.8. The van der Waals surface area contributed by atoms with Crippen LogP contribution >= 0.6 is 0 Å². The van der Waals surface area contributed by atoms with Crippen molar-refractivity contribution in [1.82, 2.24) is 15.3 Å². The van der Waals surface area contributed by atoms with Crippen LogP contribution in [-0.4, -0.2) is 28.3 Å². The fraction of sp³-hybridized carbons (Fsp3) is 0.0500. The number of fused-ring (bicyclic) bond motifs is 2. The molecule has 0 saturated heterocycles. The summed E-state index contributed by atoms with van der Waals surface area (Å²) in [7, 11) is 0. The summed E-state index contributed by atoms with van der Waals surface area (Å²) in [6.07, 6.45) is 3.24. The highest BCUT2D eigenvalue weighted by atomic mass is 16.2. The van der Waals surface area contributed by atoms with Crippen molar-refractivity contribution < 1.29 is 9.59 Å². The number of nitrogens with one attached hydrogen (secondary N) is 3. The Morgan fingerprint density at radius 2 is 1.77 bits per heavy atom. The van der Waals surface area contributed by atoms with Gasteiger partial charge >= 0.3 is 0 Å². The molecule has 0 aliphatic carbocycles. The van der Waals surface area contributed by atoms with Crippen LogP contribution in [0.1, 0.15) is 10.4 Å². The summed E-state index contributed by atoms with van der Waals surface area (Å²) >= 11 is 0. The molecule has 6 heteroatoms. The quantitative estimate of drug-likeness (QED) is 0.532. The number of amides is 2. The van der Waals surface area contributed by atoms with Crippen molar-refractivity contribution in [3.63, 3.8) is 0 Å². The van der Waals surface area contributed by atoms with Crippen molar-refractivity contribution in [3.05, 3.63) is 72.6 Å². The molecule has 0 bridgehead atoms. The average molecular weight is 344 g/mol. The predicted molar refractivity (Wildman–Crippen MR) is 101 cm³/mol. The maximum absolute atomic E-state index is 12.4. The number of carbonyl (C=O) groups is 2. The van der Waals surface area contributed by atoms with Gasteiger partial charge in [-0.3, -0.25) is 9.59 Å². The van der Waals surface area contributed by atoms with Gasteiger partial charge in [0.1, 0.15) is 5.65 Å². The van der Waals surface area contributed by atoms with Gasteiger partial charge in [0, 0.05) is 28.9 Å². The van der Waals surface area contributed by atoms with Crippen molar-refractivity contribution in [2.24, 2.45) is 0 Å². The smallest absolute Gasteiger partial charge is 0.253 e. The third kappa shape index (κ3) is 3.00. The number of hydrogen-bond donors (Lipinski definition) is 3. The van der Waals surface area contributed by atoms with E-state index >= 15 is 0 Å². The Labute approximate surface area is 149 Å². The molecular formula is C20H16N4O2. The maximum Gasteiger partial charge on any atom is 0.253 e. The van der Waals surface area contributed by atoms with Crippen molar-refractivity contribution in [2.45, 2.75) is 0 Å². The van der Waals surface area contributed by atoms with E-state index in [1.54, 1.807) is 18.5 Å². The zero-order valence-corrected chi connectivity index (χ0v) is 13.8. The molecule has 128 valence electrons. The number of anilines is 1. The number of H-pyrrole nitrogens is 1. The molecule has 0 fully saturated rings. The molecular weight excluding hydrogens is 328 g/mol. The lowest BCUT2D eigenvalue weighted by Gasteiger charge is -2.09. The number of hydrogen-bond acceptors (Lipinski definition) is 3. The minimum atomic E-state index is -0.322. The van der Waals surface area contributed by atoms with Gasteiger partial charge in [0.05, 0.1) is 12.1 Å². The van der Waals surface area contributed by atoms with E-state index in [-0.39, 0.29) is 18.4 Å². The van der Waals surface area contributed by atoms with Crippen molar-refractivity contribution in [2.75, 3.05) is 11.9 Å². The standard InChI is InChI=1S/C20H16N4O2/c25-18(24-17-9-3-6-13-5-1-2-7-14(13)17)12-23-20(26)16-11-22-19-15(16)8-4-10-21-19/h1-11H,12H2,(H,21,22)(H,23,26)(H,24,25). The fourth-order valence-corrected chi connectivity index (χ4v) is 2.93. The fourth-order valence-electron chi connectivity index (χ4n) is 2.93. The predicted octanol–water partition coefficient (Wildman–Crippen LogP) is 3.08. The lowest BCUT2D eigenvalue weighted by molar-refractivity contribution is -0.115. The van der Waals surface area contributed by atoms with E-state index in [9.17, 15) is 9.59 Å². The highest BCUT2D eigenvalue weighted by Crippen LogP contribution is 2.22. The van der Waals surface area contributed by atoms with E-state index in [1.807, 2.05) is 48.5 Å². The summed E-state index contributed by atoms with van der Waals surface area (Å²) < 4.78 is 0. The number of nitrogens with zero attached hydrogens (tertiary/aromatic N) is 1. The Kier molecular flexibility index (Phi) is 4.07. The first-order valence-electron chi connectivity index (χ1n) is 8.20. The van der Waals surface area contributed by atoms with Gasteiger partial charge in [-0.2, -0.15) is 0 Å². The Balaban J connectivity index is 1.44. The van der Waals surface area contributed by atoms with Crippen LogP contribution in [0, 0.1) is 0 Å². The van der Waals surface area contributed by atoms with Crippen molar-refractivity contribution in [3.8, 4) is 0 Å². The normalized spacial score (nSPS) is 10.8. The average Bonchev–Trinajstić information content (AvgIpc) is 3.11. The molecule has 3 N–H and O–H groups in total. The van der Waals surface area contributed by atoms with Gasteiger partial charge in [-0.1, -0.05) is 36.4 Å². The first-order valence-corrected chi connectivity index (χ1v) is 8.20. The number of rotatable bonds is 4. The summed E-state index contributed by atoms with van der Waals surface area (Å²) in [5.74, 6) is -0.606. The molecule has 0 saturated carbocycles. The van der Waals surface area contributed by atoms with Gasteiger partial charge in [0.25, 0.3) is 5.91 Å². The van der Waals surface area contributed by atoms with E-state index < -0.39 is 0 Å². The molecule has 2 aromatic carbocycles. The van der Waals surface area contributed by atoms with Crippen LogP contribution in [0.2, 0.25) is 0 Å². The molecule has 6 nitrogen and oxygen atoms in total. The van der Waals surface area contributed by atoms with Crippen LogP contribution in [0.3, 0.4) is 0 Å². The molecule has 2 amide bonds. The van der Waals surface area contributed by atoms with Crippen LogP contribution in [0.5, 0.6) is 0 Å². The Morgan fingerprint density at radius 1 is 0.962 bits per heavy atom. The van der Waals surface area contributed by atoms with Gasteiger partial charge in [-0.05, 0) is 23.6 Å². The molecule has 0 spiro atoms. The second-order valence-corrected chi connectivity index (χ2v) is 5.86. The van der Waals surface area contributed by atoms with Crippen LogP contribution in [0.4, 0.5) is 5.69 Å². The summed E-state index contributed by atoms with van der Waals surface area (Å²) in [5.41, 5.74) is 1.82. The van der Waals surface area contributed by atoms with Gasteiger partial charge in [-0.25, -0.2) is 4.98 Å². The van der Waals surface area contributed by atoms with E-state index in [2.05, 4.69) is 20.6 Å². The molecule has 26 heavy (non-hydrogen) atoms. The van der Waals surface area contributed by atoms with Crippen molar-refractivity contribution >= 4 is 39.3 Å². The SMILES string of the molecule is O=C(CNC(=O)c1c[nH]c2ncccc12)Nc1cccc2ccccc12. The molecule has 2 heterocycles. The summed E-state index contributed by atoms with van der Waals surface area (Å²) in [4.78, 5) is 31.7. The molecule has 4 rings (SSSR count). The Hall–Kier alpha value is -3.67. The van der Waals surface area contributed by atoms with Crippen LogP contribution in [-0.2, 0) is 4.79 Å². The van der Waals surface area contributed by atoms with Crippen LogP contribution in [0.15, 0.2) is 67.0 Å². The summed E-state index contributed by atoms with van der Waals surface area (Å²) in [6.45, 7) is -0.116. The number of aromatic nitrogens is 2. The highest BCUT2D eigenvalue weighted by molar-refractivity contribution is 6.08. The molecule has 2 aromatic heterocycles. The monoisotopic (exact) mass is 344 g/mol. The van der Waals surface area contributed by atoms with Gasteiger partial charge in [0.2, 0.25) is 5.91 Å². The van der Waals surface area contributed by atoms with E-state index in [4.69, 9.17) is 0 Å². The largest absolute Gasteiger partial charge is 0.345 e. The van der Waals surface area contributed by atoms with Gasteiger partial charge < -0.3 is 15.6 Å². The molecule has 0 radical (unpaired) electrons. The minimum absolute atomic E-state index is 0.116. The van der Waals surface area contributed by atoms with Gasteiger partial charge in [0.15, 0.2) is 0 Å². The van der Waals surface area contributed by atoms with Crippen LogP contribution in [0.25, 0.3) is 21.8 Å². The summed E-state index contributed by atoms with van der Waals surface area (Å²) in [6, 6.07) is 17.1. The molecule has 4 aromatic rings. The number of pyridine rings is 1. The number of carbonyl (C=O) groups excluding carboxylic acids is 2. The highest BCUT2D eigenvalue weighted by Gasteiger charge is 2.13. The third-order valence-corrected chi connectivity index (χ3v) is 4.17. The second-order valence-electron chi connectivity index (χ2n) is 5.86. The van der Waals surface area contributed by atoms with E-state index in [1.165, 1.54) is 0 Å². The number of benzene rings is 2. The Bertz CT molecular complexity index is 1110. The van der Waals surface area contributed by atoms with Crippen molar-refractivity contribution in [1.29, 1.82) is 0 Å². The lowest BCUT2D eigenvalue weighted by Crippen LogP contribution is -2.32. The van der Waals surface area contributed by atoms with E-state index in [0.717, 1.165) is 21.8 Å².